The first-order chi connectivity index (χ1) is 5.57. The van der Waals surface area contributed by atoms with E-state index in [9.17, 15) is 4.79 Å². The number of nitriles is 1. The lowest BCUT2D eigenvalue weighted by Crippen LogP contribution is -2.01. The van der Waals surface area contributed by atoms with Crippen molar-refractivity contribution in [2.24, 2.45) is 0 Å². The number of nitrogen functional groups attached to an aromatic ring is 1. The van der Waals surface area contributed by atoms with E-state index in [-0.39, 0.29) is 16.9 Å². The Bertz CT molecular complexity index is 377. The smallest absolute Gasteiger partial charge is 0.354 e. The van der Waals surface area contributed by atoms with Gasteiger partial charge in [-0.15, -0.1) is 0 Å². The number of carbonyl (C=O) groups is 1. The number of nitrogens with two attached hydrogens (primary N) is 1. The van der Waals surface area contributed by atoms with Crippen molar-refractivity contribution in [3.05, 3.63) is 15.9 Å². The number of aromatic amines is 1. The van der Waals surface area contributed by atoms with Crippen molar-refractivity contribution >= 4 is 27.6 Å². The van der Waals surface area contributed by atoms with Gasteiger partial charge in [0.15, 0.2) is 0 Å². The highest BCUT2D eigenvalue weighted by atomic mass is 79.9. The fourth-order valence-corrected chi connectivity index (χ4v) is 1.26. The van der Waals surface area contributed by atoms with E-state index in [1.165, 1.54) is 0 Å². The van der Waals surface area contributed by atoms with Gasteiger partial charge in [-0.2, -0.15) is 5.26 Å². The van der Waals surface area contributed by atoms with E-state index in [1.54, 1.807) is 6.07 Å². The molecule has 0 radical (unpaired) electrons. The van der Waals surface area contributed by atoms with Crippen LogP contribution in [0.25, 0.3) is 0 Å². The summed E-state index contributed by atoms with van der Waals surface area (Å²) in [5.41, 5.74) is 5.26. The molecule has 5 nitrogen and oxygen atoms in total. The normalized spacial score (nSPS) is 9.33. The molecule has 1 rings (SSSR count). The first-order valence-electron chi connectivity index (χ1n) is 2.88. The predicted molar refractivity (Wildman–Crippen MR) is 44.6 cm³/mol. The summed E-state index contributed by atoms with van der Waals surface area (Å²) < 4.78 is 0.292. The summed E-state index contributed by atoms with van der Waals surface area (Å²) in [7, 11) is 0. The molecule has 0 unspecified atom stereocenters. The molecule has 0 saturated carbocycles. The number of aromatic nitrogens is 1. The molecule has 0 spiro atoms. The number of halogens is 1. The van der Waals surface area contributed by atoms with Crippen LogP contribution in [0, 0.1) is 11.3 Å². The number of hydrogen-bond donors (Lipinski definition) is 3. The van der Waals surface area contributed by atoms with Crippen LogP contribution in [-0.2, 0) is 0 Å². The number of aromatic carboxylic acids is 1. The van der Waals surface area contributed by atoms with Crippen LogP contribution in [0.5, 0.6) is 0 Å². The summed E-state index contributed by atoms with van der Waals surface area (Å²) >= 11 is 2.98. The summed E-state index contributed by atoms with van der Waals surface area (Å²) in [6, 6.07) is 1.77. The van der Waals surface area contributed by atoms with Crippen molar-refractivity contribution < 1.29 is 9.90 Å². The molecule has 1 aromatic rings. The highest BCUT2D eigenvalue weighted by molar-refractivity contribution is 9.10. The molecular formula is C6H4BrN3O2. The standard InChI is InChI=1S/C6H4BrN3O2/c7-5-2(1-8)3(9)4(10-5)6(11)12/h10H,9H2,(H,11,12). The molecule has 0 amide bonds. The average molecular weight is 230 g/mol. The second-order valence-electron chi connectivity index (χ2n) is 2.02. The van der Waals surface area contributed by atoms with E-state index in [2.05, 4.69) is 20.9 Å². The number of nitrogens with one attached hydrogen (secondary N) is 1. The molecular weight excluding hydrogens is 226 g/mol. The Labute approximate surface area is 75.9 Å². The summed E-state index contributed by atoms with van der Waals surface area (Å²) in [6.07, 6.45) is 0. The lowest BCUT2D eigenvalue weighted by atomic mass is 10.3. The zero-order chi connectivity index (χ0) is 9.30. The fraction of sp³-hybridized carbons (Fsp3) is 0. The van der Waals surface area contributed by atoms with Crippen molar-refractivity contribution in [1.82, 2.24) is 4.98 Å². The zero-order valence-electron chi connectivity index (χ0n) is 5.76. The van der Waals surface area contributed by atoms with Crippen LogP contribution in [0.15, 0.2) is 4.60 Å². The van der Waals surface area contributed by atoms with E-state index in [1.807, 2.05) is 0 Å². The van der Waals surface area contributed by atoms with Crippen molar-refractivity contribution in [3.8, 4) is 6.07 Å². The average Bonchev–Trinajstić information content (AvgIpc) is 2.27. The fourth-order valence-electron chi connectivity index (χ4n) is 0.761. The largest absolute Gasteiger partial charge is 0.477 e. The summed E-state index contributed by atoms with van der Waals surface area (Å²) in [6.45, 7) is 0. The van der Waals surface area contributed by atoms with Gasteiger partial charge in [-0.25, -0.2) is 4.79 Å². The highest BCUT2D eigenvalue weighted by Gasteiger charge is 2.17. The van der Waals surface area contributed by atoms with E-state index in [0.717, 1.165) is 0 Å². The van der Waals surface area contributed by atoms with Crippen LogP contribution >= 0.6 is 15.9 Å². The SMILES string of the molecule is N#Cc1c(Br)[nH]c(C(=O)O)c1N. The minimum Gasteiger partial charge on any atom is -0.477 e. The second kappa shape index (κ2) is 2.87. The van der Waals surface area contributed by atoms with Gasteiger partial charge in [-0.1, -0.05) is 0 Å². The lowest BCUT2D eigenvalue weighted by molar-refractivity contribution is 0.0692. The molecule has 0 aliphatic heterocycles. The van der Waals surface area contributed by atoms with Crippen molar-refractivity contribution in [3.63, 3.8) is 0 Å². The van der Waals surface area contributed by atoms with Gasteiger partial charge in [0.05, 0.1) is 5.69 Å². The maximum Gasteiger partial charge on any atom is 0.354 e. The first-order valence-corrected chi connectivity index (χ1v) is 3.67. The highest BCUT2D eigenvalue weighted by Crippen LogP contribution is 2.24. The van der Waals surface area contributed by atoms with E-state index >= 15 is 0 Å². The third kappa shape index (κ3) is 1.14. The molecule has 0 aliphatic rings. The molecule has 12 heavy (non-hydrogen) atoms. The van der Waals surface area contributed by atoms with Gasteiger partial charge in [0.1, 0.15) is 21.9 Å². The molecule has 6 heteroatoms. The maximum absolute atomic E-state index is 10.5. The molecule has 62 valence electrons. The molecule has 0 fully saturated rings. The molecule has 4 N–H and O–H groups in total. The molecule has 1 aromatic heterocycles. The maximum atomic E-state index is 10.5. The Kier molecular flexibility index (Phi) is 2.06. The molecule has 0 atom stereocenters. The third-order valence-corrected chi connectivity index (χ3v) is 1.91. The number of hydrogen-bond acceptors (Lipinski definition) is 3. The monoisotopic (exact) mass is 229 g/mol. The summed E-state index contributed by atoms with van der Waals surface area (Å²) in [4.78, 5) is 12.9. The van der Waals surface area contributed by atoms with Crippen molar-refractivity contribution in [2.75, 3.05) is 5.73 Å². The Balaban J connectivity index is 3.39. The van der Waals surface area contributed by atoms with Gasteiger partial charge >= 0.3 is 5.97 Å². The minimum absolute atomic E-state index is 0.0446. The number of anilines is 1. The van der Waals surface area contributed by atoms with Crippen LogP contribution < -0.4 is 5.73 Å². The quantitative estimate of drug-likeness (QED) is 0.667. The van der Waals surface area contributed by atoms with E-state index in [4.69, 9.17) is 16.1 Å². The van der Waals surface area contributed by atoms with Crippen LogP contribution in [0.1, 0.15) is 16.1 Å². The summed E-state index contributed by atoms with van der Waals surface area (Å²) in [5.74, 6) is -1.19. The Hall–Kier alpha value is -1.48. The molecule has 0 bridgehead atoms. The third-order valence-electron chi connectivity index (χ3n) is 1.32. The van der Waals surface area contributed by atoms with Gasteiger partial charge in [-0.3, -0.25) is 0 Å². The molecule has 0 aromatic carbocycles. The number of carboxylic acids is 1. The van der Waals surface area contributed by atoms with Gasteiger partial charge in [0, 0.05) is 0 Å². The Morgan fingerprint density at radius 2 is 2.33 bits per heavy atom. The molecule has 0 saturated heterocycles. The Morgan fingerprint density at radius 1 is 1.75 bits per heavy atom. The predicted octanol–water partition coefficient (Wildman–Crippen LogP) is 0.929. The minimum atomic E-state index is -1.19. The number of H-pyrrole nitrogens is 1. The van der Waals surface area contributed by atoms with Crippen molar-refractivity contribution in [1.29, 1.82) is 5.26 Å². The lowest BCUT2D eigenvalue weighted by Gasteiger charge is -1.89. The zero-order valence-corrected chi connectivity index (χ0v) is 7.34. The first kappa shape index (κ1) is 8.62. The van der Waals surface area contributed by atoms with Gasteiger partial charge in [0.2, 0.25) is 0 Å². The number of rotatable bonds is 1. The van der Waals surface area contributed by atoms with Crippen LogP contribution in [0.2, 0.25) is 0 Å². The van der Waals surface area contributed by atoms with E-state index < -0.39 is 5.97 Å². The second-order valence-corrected chi connectivity index (χ2v) is 2.81. The number of nitrogens with zero attached hydrogens (tertiary/aromatic N) is 1. The van der Waals surface area contributed by atoms with Gasteiger partial charge < -0.3 is 15.8 Å². The molecule has 1 heterocycles. The van der Waals surface area contributed by atoms with Crippen LogP contribution in [0.4, 0.5) is 5.69 Å². The van der Waals surface area contributed by atoms with Gasteiger partial charge in [-0.05, 0) is 15.9 Å². The summed E-state index contributed by atoms with van der Waals surface area (Å²) in [5, 5.41) is 17.1. The van der Waals surface area contributed by atoms with Gasteiger partial charge in [0.25, 0.3) is 0 Å². The Morgan fingerprint density at radius 3 is 2.58 bits per heavy atom. The number of carboxylic acid groups (broad SMARTS) is 1. The van der Waals surface area contributed by atoms with Crippen molar-refractivity contribution in [2.45, 2.75) is 0 Å². The van der Waals surface area contributed by atoms with Crippen LogP contribution in [0.3, 0.4) is 0 Å². The van der Waals surface area contributed by atoms with E-state index in [0.29, 0.717) is 4.60 Å². The topological polar surface area (TPSA) is 103 Å². The molecule has 0 aliphatic carbocycles. The van der Waals surface area contributed by atoms with Crippen LogP contribution in [-0.4, -0.2) is 16.1 Å².